The maximum Gasteiger partial charge on any atom is 0.306 e. The molecular formula is C51H98O4. The first-order chi connectivity index (χ1) is 27.2. The predicted octanol–water partition coefficient (Wildman–Crippen LogP) is 16.7. The quantitative estimate of drug-likeness (QED) is 0.0380. The van der Waals surface area contributed by atoms with Crippen LogP contribution in [0.4, 0.5) is 0 Å². The van der Waals surface area contributed by atoms with Crippen LogP contribution in [0.3, 0.4) is 0 Å². The first kappa shape index (κ1) is 53.9. The van der Waals surface area contributed by atoms with Gasteiger partial charge in [0.15, 0.2) is 0 Å². The molecule has 0 aromatic rings. The number of hydrogen-bond acceptors (Lipinski definition) is 4. The number of carbonyl (C=O) groups excluding carboxylic acids is 1. The molecule has 0 aliphatic heterocycles. The minimum absolute atomic E-state index is 0.169. The maximum absolute atomic E-state index is 12.2. The number of ether oxygens (including phenoxy) is 2. The van der Waals surface area contributed by atoms with Gasteiger partial charge in [0.25, 0.3) is 0 Å². The Balaban J connectivity index is 3.37. The molecule has 0 saturated heterocycles. The fourth-order valence-electron chi connectivity index (χ4n) is 7.50. The van der Waals surface area contributed by atoms with E-state index in [0.717, 1.165) is 19.3 Å². The van der Waals surface area contributed by atoms with E-state index in [1.54, 1.807) is 0 Å². The molecule has 0 spiro atoms. The molecule has 0 bridgehead atoms. The van der Waals surface area contributed by atoms with E-state index in [2.05, 4.69) is 38.2 Å². The van der Waals surface area contributed by atoms with Crippen LogP contribution in [0.1, 0.15) is 271 Å². The predicted molar refractivity (Wildman–Crippen MR) is 242 cm³/mol. The van der Waals surface area contributed by atoms with Gasteiger partial charge in [0.1, 0.15) is 6.10 Å². The number of rotatable bonds is 47. The molecule has 0 aromatic carbocycles. The second-order valence-corrected chi connectivity index (χ2v) is 16.9. The zero-order valence-electron chi connectivity index (χ0n) is 37.5. The lowest BCUT2D eigenvalue weighted by atomic mass is 10.0. The second kappa shape index (κ2) is 49.0. The highest BCUT2D eigenvalue weighted by molar-refractivity contribution is 5.69. The molecule has 1 unspecified atom stereocenters. The molecule has 0 fully saturated rings. The van der Waals surface area contributed by atoms with Gasteiger partial charge in [-0.25, -0.2) is 0 Å². The summed E-state index contributed by atoms with van der Waals surface area (Å²) >= 11 is 0. The molecule has 0 saturated carbocycles. The lowest BCUT2D eigenvalue weighted by Crippen LogP contribution is -2.27. The highest BCUT2D eigenvalue weighted by Crippen LogP contribution is 2.15. The summed E-state index contributed by atoms with van der Waals surface area (Å²) in [5.74, 6) is -0.198. The van der Waals surface area contributed by atoms with Crippen molar-refractivity contribution in [2.24, 2.45) is 0 Å². The van der Waals surface area contributed by atoms with Crippen LogP contribution in [0, 0.1) is 0 Å². The largest absolute Gasteiger partial charge is 0.457 e. The van der Waals surface area contributed by atoms with Crippen molar-refractivity contribution in [3.63, 3.8) is 0 Å². The van der Waals surface area contributed by atoms with E-state index in [4.69, 9.17) is 9.47 Å². The molecule has 0 aliphatic rings. The van der Waals surface area contributed by atoms with E-state index in [9.17, 15) is 9.90 Å². The first-order valence-corrected chi connectivity index (χ1v) is 24.9. The lowest BCUT2D eigenvalue weighted by Gasteiger charge is -2.16. The van der Waals surface area contributed by atoms with Crippen molar-refractivity contribution < 1.29 is 19.4 Å². The highest BCUT2D eigenvalue weighted by atomic mass is 16.6. The van der Waals surface area contributed by atoms with Crippen LogP contribution in [0.25, 0.3) is 0 Å². The number of carbonyl (C=O) groups is 1. The van der Waals surface area contributed by atoms with Gasteiger partial charge < -0.3 is 14.6 Å². The normalized spacial score (nSPS) is 12.4. The van der Waals surface area contributed by atoms with Gasteiger partial charge in [-0.15, -0.1) is 0 Å². The zero-order valence-corrected chi connectivity index (χ0v) is 37.5. The molecule has 55 heavy (non-hydrogen) atoms. The van der Waals surface area contributed by atoms with Gasteiger partial charge in [0, 0.05) is 13.0 Å². The van der Waals surface area contributed by atoms with Crippen molar-refractivity contribution in [1.29, 1.82) is 0 Å². The van der Waals surface area contributed by atoms with Crippen molar-refractivity contribution in [2.45, 2.75) is 277 Å². The van der Waals surface area contributed by atoms with Crippen molar-refractivity contribution in [2.75, 3.05) is 19.8 Å². The molecule has 4 heteroatoms. The smallest absolute Gasteiger partial charge is 0.306 e. The first-order valence-electron chi connectivity index (χ1n) is 24.9. The van der Waals surface area contributed by atoms with Crippen LogP contribution >= 0.6 is 0 Å². The molecule has 0 heterocycles. The average Bonchev–Trinajstić information content (AvgIpc) is 3.19. The minimum Gasteiger partial charge on any atom is -0.457 e. The van der Waals surface area contributed by atoms with E-state index in [0.29, 0.717) is 19.6 Å². The maximum atomic E-state index is 12.2. The lowest BCUT2D eigenvalue weighted by molar-refractivity contribution is -0.154. The minimum atomic E-state index is -0.533. The van der Waals surface area contributed by atoms with Crippen molar-refractivity contribution in [1.82, 2.24) is 0 Å². The van der Waals surface area contributed by atoms with Gasteiger partial charge in [-0.3, -0.25) is 4.79 Å². The van der Waals surface area contributed by atoms with Gasteiger partial charge >= 0.3 is 5.97 Å². The van der Waals surface area contributed by atoms with E-state index in [1.165, 1.54) is 231 Å². The topological polar surface area (TPSA) is 55.8 Å². The van der Waals surface area contributed by atoms with E-state index in [1.807, 2.05) is 0 Å². The molecule has 1 atom stereocenters. The average molecular weight is 775 g/mol. The summed E-state index contributed by atoms with van der Waals surface area (Å²) in [4.78, 5) is 12.2. The standard InChI is InChI=1S/C51H98O4/c1-3-5-7-9-11-13-15-17-19-21-23-24-25-26-27-29-31-33-35-37-39-41-43-45-47-54-49-50(48-52)55-51(53)46-44-42-40-38-36-34-32-30-28-22-20-18-16-14-12-10-8-6-4-2/h18,20-21,23,50,52H,3-17,19,22,24-49H2,1-2H3/b20-18-,23-21-. The Morgan fingerprint density at radius 1 is 0.418 bits per heavy atom. The fourth-order valence-corrected chi connectivity index (χ4v) is 7.50. The van der Waals surface area contributed by atoms with E-state index < -0.39 is 6.10 Å². The highest BCUT2D eigenvalue weighted by Gasteiger charge is 2.13. The third-order valence-electron chi connectivity index (χ3n) is 11.2. The molecule has 0 radical (unpaired) electrons. The van der Waals surface area contributed by atoms with Gasteiger partial charge in [-0.1, -0.05) is 224 Å². The molecule has 0 aliphatic carbocycles. The summed E-state index contributed by atoms with van der Waals surface area (Å²) in [6.45, 7) is 5.38. The number of hydrogen-bond donors (Lipinski definition) is 1. The summed E-state index contributed by atoms with van der Waals surface area (Å²) in [7, 11) is 0. The second-order valence-electron chi connectivity index (χ2n) is 16.9. The van der Waals surface area contributed by atoms with Crippen LogP contribution in [-0.4, -0.2) is 37.0 Å². The summed E-state index contributed by atoms with van der Waals surface area (Å²) in [5.41, 5.74) is 0. The fraction of sp³-hybridized carbons (Fsp3) is 0.902. The number of esters is 1. The van der Waals surface area contributed by atoms with Gasteiger partial charge in [-0.2, -0.15) is 0 Å². The van der Waals surface area contributed by atoms with E-state index in [-0.39, 0.29) is 12.6 Å². The third-order valence-corrected chi connectivity index (χ3v) is 11.2. The molecular weight excluding hydrogens is 677 g/mol. The van der Waals surface area contributed by atoms with Crippen LogP contribution in [0.15, 0.2) is 24.3 Å². The van der Waals surface area contributed by atoms with Crippen molar-refractivity contribution in [3.8, 4) is 0 Å². The Labute approximate surface area is 345 Å². The Bertz CT molecular complexity index is 777. The summed E-state index contributed by atoms with van der Waals surface area (Å²) < 4.78 is 11.2. The number of aliphatic hydroxyl groups excluding tert-OH is 1. The molecule has 0 aromatic heterocycles. The van der Waals surface area contributed by atoms with Gasteiger partial charge in [0.05, 0.1) is 13.2 Å². The molecule has 0 rings (SSSR count). The summed E-state index contributed by atoms with van der Waals surface area (Å²) in [6.07, 6.45) is 61.2. The van der Waals surface area contributed by atoms with Crippen LogP contribution in [-0.2, 0) is 14.3 Å². The monoisotopic (exact) mass is 775 g/mol. The summed E-state index contributed by atoms with van der Waals surface area (Å²) in [5, 5.41) is 9.64. The van der Waals surface area contributed by atoms with Crippen LogP contribution in [0.2, 0.25) is 0 Å². The van der Waals surface area contributed by atoms with Crippen LogP contribution < -0.4 is 0 Å². The van der Waals surface area contributed by atoms with Crippen molar-refractivity contribution >= 4 is 5.97 Å². The Morgan fingerprint density at radius 3 is 1.04 bits per heavy atom. The van der Waals surface area contributed by atoms with E-state index >= 15 is 0 Å². The van der Waals surface area contributed by atoms with Gasteiger partial charge in [0.2, 0.25) is 0 Å². The zero-order chi connectivity index (χ0) is 39.8. The Hall–Kier alpha value is -1.13. The SMILES string of the molecule is CCCCCCCC/C=C\CCCCCCCCCCCC(=O)OC(CO)COCCCCCCCCCCCCCC/C=C\CCCCCCCCCC. The van der Waals surface area contributed by atoms with Crippen LogP contribution in [0.5, 0.6) is 0 Å². The third kappa shape index (κ3) is 47.1. The molecule has 326 valence electrons. The molecule has 1 N–H and O–H groups in total. The Kier molecular flexibility index (Phi) is 48.0. The number of unbranched alkanes of at least 4 members (excludes halogenated alkanes) is 35. The van der Waals surface area contributed by atoms with Gasteiger partial charge in [-0.05, 0) is 64.2 Å². The van der Waals surface area contributed by atoms with Crippen molar-refractivity contribution in [3.05, 3.63) is 24.3 Å². The molecule has 0 amide bonds. The Morgan fingerprint density at radius 2 is 0.709 bits per heavy atom. The molecule has 4 nitrogen and oxygen atoms in total. The number of aliphatic hydroxyl groups is 1. The number of allylic oxidation sites excluding steroid dienone is 4. The summed E-state index contributed by atoms with van der Waals surface area (Å²) in [6, 6.07) is 0.